The zero-order valence-corrected chi connectivity index (χ0v) is 13.2. The standard InChI is InChI=1S/C14H8Cl3NOS/c15-10-2-1-3-11-8(10)4-5-18(11)7-12(19)9-6-13(16)20-14(9)17/h1-6H,7H2. The highest BCUT2D eigenvalue weighted by Crippen LogP contribution is 2.32. The van der Waals surface area contributed by atoms with Crippen LogP contribution in [0.15, 0.2) is 36.5 Å². The summed E-state index contributed by atoms with van der Waals surface area (Å²) in [7, 11) is 0. The van der Waals surface area contributed by atoms with Gasteiger partial charge in [0.1, 0.15) is 4.34 Å². The monoisotopic (exact) mass is 343 g/mol. The summed E-state index contributed by atoms with van der Waals surface area (Å²) < 4.78 is 2.79. The maximum atomic E-state index is 12.3. The topological polar surface area (TPSA) is 22.0 Å². The largest absolute Gasteiger partial charge is 0.340 e. The van der Waals surface area contributed by atoms with E-state index in [1.165, 1.54) is 11.3 Å². The van der Waals surface area contributed by atoms with Crippen molar-refractivity contribution in [3.63, 3.8) is 0 Å². The van der Waals surface area contributed by atoms with Crippen molar-refractivity contribution < 1.29 is 4.79 Å². The molecule has 102 valence electrons. The number of Topliss-reactive ketones (excluding diaryl/α,β-unsaturated/α-hetero) is 1. The van der Waals surface area contributed by atoms with Gasteiger partial charge in [-0.05, 0) is 24.3 Å². The number of hydrogen-bond donors (Lipinski definition) is 0. The number of rotatable bonds is 3. The Balaban J connectivity index is 1.96. The van der Waals surface area contributed by atoms with Crippen molar-refractivity contribution in [3.05, 3.63) is 55.8 Å². The Morgan fingerprint density at radius 3 is 2.70 bits per heavy atom. The van der Waals surface area contributed by atoms with Gasteiger partial charge in [-0.1, -0.05) is 40.9 Å². The molecule has 2 nitrogen and oxygen atoms in total. The second-order valence-electron chi connectivity index (χ2n) is 4.28. The normalized spacial score (nSPS) is 11.2. The number of fused-ring (bicyclic) bond motifs is 1. The smallest absolute Gasteiger partial charge is 0.184 e. The number of benzene rings is 1. The van der Waals surface area contributed by atoms with E-state index >= 15 is 0 Å². The molecule has 0 atom stereocenters. The molecule has 6 heteroatoms. The summed E-state index contributed by atoms with van der Waals surface area (Å²) >= 11 is 19.2. The van der Waals surface area contributed by atoms with Crippen LogP contribution in [0.5, 0.6) is 0 Å². The molecule has 3 aromatic rings. The predicted molar refractivity (Wildman–Crippen MR) is 85.6 cm³/mol. The van der Waals surface area contributed by atoms with E-state index in [4.69, 9.17) is 34.8 Å². The highest BCUT2D eigenvalue weighted by molar-refractivity contribution is 7.20. The Hall–Kier alpha value is -1.000. The van der Waals surface area contributed by atoms with E-state index in [2.05, 4.69) is 0 Å². The Morgan fingerprint density at radius 1 is 1.20 bits per heavy atom. The van der Waals surface area contributed by atoms with E-state index in [1.807, 2.05) is 35.0 Å². The maximum Gasteiger partial charge on any atom is 0.184 e. The zero-order chi connectivity index (χ0) is 14.3. The molecule has 0 aliphatic carbocycles. The molecule has 0 saturated carbocycles. The molecule has 0 radical (unpaired) electrons. The lowest BCUT2D eigenvalue weighted by Crippen LogP contribution is -2.08. The first-order chi connectivity index (χ1) is 9.56. The first kappa shape index (κ1) is 14.0. The van der Waals surface area contributed by atoms with Crippen LogP contribution in [0.4, 0.5) is 0 Å². The molecule has 0 unspecified atom stereocenters. The molecule has 20 heavy (non-hydrogen) atoms. The third kappa shape index (κ3) is 2.47. The number of halogens is 3. The van der Waals surface area contributed by atoms with Gasteiger partial charge in [0.25, 0.3) is 0 Å². The van der Waals surface area contributed by atoms with E-state index in [-0.39, 0.29) is 12.3 Å². The zero-order valence-electron chi connectivity index (χ0n) is 10.1. The second kappa shape index (κ2) is 5.41. The molecule has 0 fully saturated rings. The number of hydrogen-bond acceptors (Lipinski definition) is 2. The van der Waals surface area contributed by atoms with Crippen LogP contribution < -0.4 is 0 Å². The van der Waals surface area contributed by atoms with Crippen LogP contribution >= 0.6 is 46.1 Å². The van der Waals surface area contributed by atoms with E-state index < -0.39 is 0 Å². The lowest BCUT2D eigenvalue weighted by Gasteiger charge is -2.04. The molecule has 3 rings (SSSR count). The minimum atomic E-state index is -0.0735. The average molecular weight is 345 g/mol. The summed E-state index contributed by atoms with van der Waals surface area (Å²) in [4.78, 5) is 12.3. The summed E-state index contributed by atoms with van der Waals surface area (Å²) in [6.45, 7) is 0.205. The van der Waals surface area contributed by atoms with Crippen molar-refractivity contribution in [2.45, 2.75) is 6.54 Å². The quantitative estimate of drug-likeness (QED) is 0.571. The van der Waals surface area contributed by atoms with Gasteiger partial charge in [0.15, 0.2) is 5.78 Å². The van der Waals surface area contributed by atoms with Crippen LogP contribution in [0, 0.1) is 0 Å². The number of carbonyl (C=O) groups excluding carboxylic acids is 1. The molecule has 0 aliphatic rings. The Morgan fingerprint density at radius 2 is 2.00 bits per heavy atom. The SMILES string of the molecule is O=C(Cn1ccc2c(Cl)cccc21)c1cc(Cl)sc1Cl. The molecule has 0 amide bonds. The highest BCUT2D eigenvalue weighted by atomic mass is 35.5. The van der Waals surface area contributed by atoms with E-state index in [1.54, 1.807) is 6.07 Å². The van der Waals surface area contributed by atoms with Gasteiger partial charge in [0.05, 0.1) is 16.4 Å². The van der Waals surface area contributed by atoms with Crippen LogP contribution in [-0.4, -0.2) is 10.4 Å². The van der Waals surface area contributed by atoms with Gasteiger partial charge in [-0.25, -0.2) is 0 Å². The van der Waals surface area contributed by atoms with Gasteiger partial charge in [0, 0.05) is 22.1 Å². The fourth-order valence-electron chi connectivity index (χ4n) is 2.09. The molecule has 2 aromatic heterocycles. The Labute approximate surface area is 134 Å². The molecule has 2 heterocycles. The molecule has 0 aliphatic heterocycles. The van der Waals surface area contributed by atoms with Crippen molar-refractivity contribution in [1.82, 2.24) is 4.57 Å². The third-order valence-electron chi connectivity index (χ3n) is 3.03. The molecular weight excluding hydrogens is 337 g/mol. The summed E-state index contributed by atoms with van der Waals surface area (Å²) in [5.41, 5.74) is 1.38. The minimum absolute atomic E-state index is 0.0735. The first-order valence-electron chi connectivity index (χ1n) is 5.77. The van der Waals surface area contributed by atoms with Crippen molar-refractivity contribution in [3.8, 4) is 0 Å². The van der Waals surface area contributed by atoms with Gasteiger partial charge in [-0.3, -0.25) is 4.79 Å². The van der Waals surface area contributed by atoms with Gasteiger partial charge in [-0.15, -0.1) is 11.3 Å². The molecule has 0 N–H and O–H groups in total. The number of ketones is 1. The predicted octanol–water partition coefficient (Wildman–Crippen LogP) is 5.55. The highest BCUT2D eigenvalue weighted by Gasteiger charge is 2.15. The number of aromatic nitrogens is 1. The van der Waals surface area contributed by atoms with E-state index in [9.17, 15) is 4.79 Å². The fraction of sp³-hybridized carbons (Fsp3) is 0.0714. The molecule has 0 spiro atoms. The van der Waals surface area contributed by atoms with Crippen LogP contribution in [-0.2, 0) is 6.54 Å². The van der Waals surface area contributed by atoms with E-state index in [0.29, 0.717) is 19.3 Å². The minimum Gasteiger partial charge on any atom is -0.340 e. The number of nitrogens with zero attached hydrogens (tertiary/aromatic N) is 1. The van der Waals surface area contributed by atoms with Gasteiger partial charge in [0.2, 0.25) is 0 Å². The Bertz CT molecular complexity index is 806. The van der Waals surface area contributed by atoms with Crippen molar-refractivity contribution in [1.29, 1.82) is 0 Å². The molecular formula is C14H8Cl3NOS. The maximum absolute atomic E-state index is 12.3. The van der Waals surface area contributed by atoms with E-state index in [0.717, 1.165) is 10.9 Å². The van der Waals surface area contributed by atoms with Crippen LogP contribution in [0.25, 0.3) is 10.9 Å². The summed E-state index contributed by atoms with van der Waals surface area (Å²) in [5.74, 6) is -0.0735. The first-order valence-corrected chi connectivity index (χ1v) is 7.72. The van der Waals surface area contributed by atoms with Crippen LogP contribution in [0.2, 0.25) is 13.7 Å². The van der Waals surface area contributed by atoms with Crippen molar-refractivity contribution in [2.75, 3.05) is 0 Å². The second-order valence-corrected chi connectivity index (χ2v) is 6.97. The molecule has 0 saturated heterocycles. The number of carbonyl (C=O) groups is 1. The van der Waals surface area contributed by atoms with Crippen LogP contribution in [0.3, 0.4) is 0 Å². The summed E-state index contributed by atoms with van der Waals surface area (Å²) in [6.07, 6.45) is 1.84. The Kier molecular flexibility index (Phi) is 3.78. The van der Waals surface area contributed by atoms with Crippen molar-refractivity contribution >= 4 is 62.8 Å². The lowest BCUT2D eigenvalue weighted by atomic mass is 10.2. The molecule has 1 aromatic carbocycles. The van der Waals surface area contributed by atoms with Gasteiger partial charge < -0.3 is 4.57 Å². The third-order valence-corrected chi connectivity index (χ3v) is 4.85. The molecule has 0 bridgehead atoms. The van der Waals surface area contributed by atoms with Crippen LogP contribution in [0.1, 0.15) is 10.4 Å². The summed E-state index contributed by atoms with van der Waals surface area (Å²) in [5, 5.41) is 1.60. The van der Waals surface area contributed by atoms with Gasteiger partial charge >= 0.3 is 0 Å². The number of thiophene rings is 1. The van der Waals surface area contributed by atoms with Crippen molar-refractivity contribution in [2.24, 2.45) is 0 Å². The summed E-state index contributed by atoms with van der Waals surface area (Å²) in [6, 6.07) is 9.12. The van der Waals surface area contributed by atoms with Gasteiger partial charge in [-0.2, -0.15) is 0 Å². The fourth-order valence-corrected chi connectivity index (χ4v) is 3.83. The lowest BCUT2D eigenvalue weighted by molar-refractivity contribution is 0.0974. The average Bonchev–Trinajstić information content (AvgIpc) is 2.94.